The number of esters is 1. The highest BCUT2D eigenvalue weighted by Crippen LogP contribution is 2.27. The number of nitro benzene ring substituents is 1. The van der Waals surface area contributed by atoms with Crippen LogP contribution < -0.4 is 4.74 Å². The number of ether oxygens (including phenoxy) is 1. The third-order valence-electron chi connectivity index (χ3n) is 2.59. The van der Waals surface area contributed by atoms with Gasteiger partial charge in [-0.05, 0) is 29.8 Å². The molecule has 0 N–H and O–H groups in total. The largest absolute Gasteiger partial charge is 0.416 e. The van der Waals surface area contributed by atoms with Gasteiger partial charge in [-0.3, -0.25) is 10.1 Å². The average Bonchev–Trinajstić information content (AvgIpc) is 2.45. The number of carbonyl (C=O) groups excluding carboxylic acids is 1. The summed E-state index contributed by atoms with van der Waals surface area (Å²) in [5, 5.41) is 11.3. The third-order valence-corrected chi connectivity index (χ3v) is 2.82. The van der Waals surface area contributed by atoms with Crippen molar-refractivity contribution >= 4 is 29.3 Å². The van der Waals surface area contributed by atoms with Crippen molar-refractivity contribution in [3.8, 4) is 5.75 Å². The van der Waals surface area contributed by atoms with E-state index in [1.165, 1.54) is 6.08 Å². The molecule has 0 atom stereocenters. The molecular weight excluding hydrogens is 313 g/mol. The first-order valence-electron chi connectivity index (χ1n) is 6.05. The topological polar surface area (TPSA) is 69.4 Å². The molecule has 0 bridgehead atoms. The molecule has 0 heterocycles. The molecule has 112 valence electrons. The summed E-state index contributed by atoms with van der Waals surface area (Å²) in [5.74, 6) is -2.06. The number of halogens is 2. The number of nitrogens with zero attached hydrogens (tertiary/aromatic N) is 1. The lowest BCUT2D eigenvalue weighted by Gasteiger charge is -2.02. The highest BCUT2D eigenvalue weighted by Gasteiger charge is 2.17. The van der Waals surface area contributed by atoms with E-state index in [0.717, 1.165) is 24.3 Å². The lowest BCUT2D eigenvalue weighted by atomic mass is 10.2. The predicted molar refractivity (Wildman–Crippen MR) is 79.2 cm³/mol. The van der Waals surface area contributed by atoms with Crippen molar-refractivity contribution in [2.24, 2.45) is 0 Å². The zero-order valence-electron chi connectivity index (χ0n) is 11.0. The Morgan fingerprint density at radius 1 is 1.27 bits per heavy atom. The standard InChI is InChI=1S/C15H9ClFNO4/c16-11-3-1-2-10(8-11)4-7-15(19)22-14-9-12(17)5-6-13(14)18(20)21/h1-9H/b7-4+. The molecule has 0 aliphatic rings. The summed E-state index contributed by atoms with van der Waals surface area (Å²) in [6.07, 6.45) is 2.50. The minimum Gasteiger partial charge on any atom is -0.416 e. The van der Waals surface area contributed by atoms with E-state index < -0.39 is 28.1 Å². The second kappa shape index (κ2) is 6.82. The molecule has 0 fully saturated rings. The van der Waals surface area contributed by atoms with Gasteiger partial charge in [-0.25, -0.2) is 9.18 Å². The van der Waals surface area contributed by atoms with E-state index in [0.29, 0.717) is 10.6 Å². The Balaban J connectivity index is 2.15. The second-order valence-electron chi connectivity index (χ2n) is 4.18. The fourth-order valence-corrected chi connectivity index (χ4v) is 1.84. The molecule has 0 saturated heterocycles. The third kappa shape index (κ3) is 4.13. The number of hydrogen-bond acceptors (Lipinski definition) is 4. The molecule has 2 aromatic carbocycles. The number of carbonyl (C=O) groups is 1. The molecule has 0 radical (unpaired) electrons. The van der Waals surface area contributed by atoms with Crippen LogP contribution in [-0.2, 0) is 4.79 Å². The van der Waals surface area contributed by atoms with Crippen LogP contribution in [0.1, 0.15) is 5.56 Å². The van der Waals surface area contributed by atoms with E-state index in [-0.39, 0.29) is 0 Å². The van der Waals surface area contributed by atoms with E-state index in [1.54, 1.807) is 24.3 Å². The van der Waals surface area contributed by atoms with Gasteiger partial charge in [0, 0.05) is 23.2 Å². The molecule has 0 amide bonds. The van der Waals surface area contributed by atoms with Gasteiger partial charge in [0.25, 0.3) is 0 Å². The van der Waals surface area contributed by atoms with Gasteiger partial charge in [0.1, 0.15) is 5.82 Å². The minimum atomic E-state index is -0.867. The van der Waals surface area contributed by atoms with Crippen LogP contribution >= 0.6 is 11.6 Å². The maximum atomic E-state index is 13.1. The zero-order valence-corrected chi connectivity index (χ0v) is 11.8. The van der Waals surface area contributed by atoms with Crippen molar-refractivity contribution in [2.75, 3.05) is 0 Å². The number of nitro groups is 1. The first-order chi connectivity index (χ1) is 10.5. The summed E-state index contributed by atoms with van der Waals surface area (Å²) in [6, 6.07) is 9.33. The van der Waals surface area contributed by atoms with Crippen molar-refractivity contribution in [3.05, 3.63) is 75.1 Å². The molecule has 0 unspecified atom stereocenters. The van der Waals surface area contributed by atoms with Gasteiger partial charge in [0.2, 0.25) is 5.75 Å². The van der Waals surface area contributed by atoms with Gasteiger partial charge in [-0.1, -0.05) is 23.7 Å². The lowest BCUT2D eigenvalue weighted by Crippen LogP contribution is -2.06. The Labute approximate surface area is 129 Å². The molecule has 5 nitrogen and oxygen atoms in total. The van der Waals surface area contributed by atoms with E-state index in [4.69, 9.17) is 16.3 Å². The molecule has 7 heteroatoms. The fourth-order valence-electron chi connectivity index (χ4n) is 1.64. The van der Waals surface area contributed by atoms with Crippen LogP contribution in [0.2, 0.25) is 5.02 Å². The molecule has 0 saturated carbocycles. The van der Waals surface area contributed by atoms with Crippen molar-refractivity contribution in [1.82, 2.24) is 0 Å². The Kier molecular flexibility index (Phi) is 4.85. The zero-order chi connectivity index (χ0) is 16.1. The van der Waals surface area contributed by atoms with Gasteiger partial charge in [0.15, 0.2) is 0 Å². The minimum absolute atomic E-state index is 0.453. The quantitative estimate of drug-likeness (QED) is 0.280. The predicted octanol–water partition coefficient (Wildman–Crippen LogP) is 4.01. The smallest absolute Gasteiger partial charge is 0.336 e. The van der Waals surface area contributed by atoms with Gasteiger partial charge in [-0.2, -0.15) is 0 Å². The fraction of sp³-hybridized carbons (Fsp3) is 0. The second-order valence-corrected chi connectivity index (χ2v) is 4.62. The van der Waals surface area contributed by atoms with Crippen LogP contribution in [0.3, 0.4) is 0 Å². The molecule has 0 aliphatic heterocycles. The molecule has 0 aliphatic carbocycles. The van der Waals surface area contributed by atoms with Crippen molar-refractivity contribution in [1.29, 1.82) is 0 Å². The highest BCUT2D eigenvalue weighted by molar-refractivity contribution is 6.30. The van der Waals surface area contributed by atoms with Crippen LogP contribution in [-0.4, -0.2) is 10.9 Å². The van der Waals surface area contributed by atoms with Gasteiger partial charge >= 0.3 is 11.7 Å². The van der Waals surface area contributed by atoms with E-state index >= 15 is 0 Å². The van der Waals surface area contributed by atoms with Crippen molar-refractivity contribution < 1.29 is 18.8 Å². The van der Waals surface area contributed by atoms with Crippen LogP contribution in [0.25, 0.3) is 6.08 Å². The Hall–Kier alpha value is -2.73. The lowest BCUT2D eigenvalue weighted by molar-refractivity contribution is -0.385. The highest BCUT2D eigenvalue weighted by atomic mass is 35.5. The monoisotopic (exact) mass is 321 g/mol. The van der Waals surface area contributed by atoms with E-state index in [9.17, 15) is 19.3 Å². The summed E-state index contributed by atoms with van der Waals surface area (Å²) in [7, 11) is 0. The van der Waals surface area contributed by atoms with Crippen LogP contribution in [0.15, 0.2) is 48.5 Å². The number of benzene rings is 2. The molecular formula is C15H9ClFNO4. The first kappa shape index (κ1) is 15.7. The van der Waals surface area contributed by atoms with Gasteiger partial charge in [0.05, 0.1) is 4.92 Å². The maximum absolute atomic E-state index is 13.1. The van der Waals surface area contributed by atoms with Crippen molar-refractivity contribution in [3.63, 3.8) is 0 Å². The molecule has 2 rings (SSSR count). The number of rotatable bonds is 4. The van der Waals surface area contributed by atoms with Gasteiger partial charge in [-0.15, -0.1) is 0 Å². The summed E-state index contributed by atoms with van der Waals surface area (Å²) < 4.78 is 17.9. The molecule has 0 spiro atoms. The molecule has 22 heavy (non-hydrogen) atoms. The summed E-state index contributed by atoms with van der Waals surface area (Å²) >= 11 is 5.80. The van der Waals surface area contributed by atoms with E-state index in [2.05, 4.69) is 0 Å². The van der Waals surface area contributed by atoms with Crippen LogP contribution in [0, 0.1) is 15.9 Å². The Bertz CT molecular complexity index is 761. The van der Waals surface area contributed by atoms with Crippen LogP contribution in [0.5, 0.6) is 5.75 Å². The number of hydrogen-bond donors (Lipinski definition) is 0. The Morgan fingerprint density at radius 3 is 2.73 bits per heavy atom. The van der Waals surface area contributed by atoms with Crippen LogP contribution in [0.4, 0.5) is 10.1 Å². The first-order valence-corrected chi connectivity index (χ1v) is 6.43. The van der Waals surface area contributed by atoms with Gasteiger partial charge < -0.3 is 4.74 Å². The summed E-state index contributed by atoms with van der Waals surface area (Å²) in [6.45, 7) is 0. The Morgan fingerprint density at radius 2 is 2.05 bits per heavy atom. The van der Waals surface area contributed by atoms with Crippen molar-refractivity contribution in [2.45, 2.75) is 0 Å². The molecule has 0 aromatic heterocycles. The summed E-state index contributed by atoms with van der Waals surface area (Å²) in [5.41, 5.74) is 0.157. The average molecular weight is 322 g/mol. The molecule has 2 aromatic rings. The van der Waals surface area contributed by atoms with E-state index in [1.807, 2.05) is 0 Å². The maximum Gasteiger partial charge on any atom is 0.336 e. The normalized spacial score (nSPS) is 10.6. The SMILES string of the molecule is O=C(/C=C/c1cccc(Cl)c1)Oc1cc(F)ccc1[N+](=O)[O-]. The summed E-state index contributed by atoms with van der Waals surface area (Å²) in [4.78, 5) is 21.7.